The molecule has 0 spiro atoms. The summed E-state index contributed by atoms with van der Waals surface area (Å²) in [5, 5.41) is 0. The molecule has 2 atom stereocenters. The molecule has 1 fully saturated rings. The normalized spacial score (nSPS) is 21.7. The Hall–Kier alpha value is -2.13. The molecule has 1 aliphatic heterocycles. The van der Waals surface area contributed by atoms with Crippen LogP contribution in [0.15, 0.2) is 72.9 Å². The molecule has 0 saturated carbocycles. The number of allylic oxidation sites excluding steroid dienone is 12. The quantitative estimate of drug-likeness (QED) is 0.209. The van der Waals surface area contributed by atoms with Gasteiger partial charge in [-0.2, -0.15) is 0 Å². The lowest BCUT2D eigenvalue weighted by atomic mass is 9.83. The summed E-state index contributed by atoms with van der Waals surface area (Å²) < 4.78 is 10.4. The highest BCUT2D eigenvalue weighted by molar-refractivity contribution is 5.72. The van der Waals surface area contributed by atoms with E-state index in [0.29, 0.717) is 13.2 Å². The fourth-order valence-electron chi connectivity index (χ4n) is 3.16. The van der Waals surface area contributed by atoms with E-state index in [1.165, 1.54) is 0 Å². The van der Waals surface area contributed by atoms with E-state index in [2.05, 4.69) is 79.8 Å². The van der Waals surface area contributed by atoms with Crippen molar-refractivity contribution in [2.45, 2.75) is 58.5 Å². The zero-order valence-corrected chi connectivity index (χ0v) is 18.0. The number of epoxide rings is 1. The standard InChI is InChI=1S/C26H36O3/c1-3-5-6-8-12-17-26(19-14-10-15-20-26)18-13-9-7-11-16-23(4-2)25(27)29-22-24-21-28-24/h5-7,11-15,17-20,23-24H,3-4,8-10,16,21-22H2,1-2H3/b6-5-,11-7-,17-12-,18-13-. The summed E-state index contributed by atoms with van der Waals surface area (Å²) in [6.07, 6.45) is 32.1. The Morgan fingerprint density at radius 1 is 1.07 bits per heavy atom. The summed E-state index contributed by atoms with van der Waals surface area (Å²) in [6, 6.07) is 0. The van der Waals surface area contributed by atoms with Crippen molar-refractivity contribution in [3.63, 3.8) is 0 Å². The number of hydrogen-bond acceptors (Lipinski definition) is 3. The second kappa shape index (κ2) is 13.2. The molecule has 158 valence electrons. The van der Waals surface area contributed by atoms with Crippen molar-refractivity contribution in [2.75, 3.05) is 13.2 Å². The maximum Gasteiger partial charge on any atom is 0.309 e. The Balaban J connectivity index is 1.79. The first-order valence-electron chi connectivity index (χ1n) is 11.0. The highest BCUT2D eigenvalue weighted by atomic mass is 16.6. The van der Waals surface area contributed by atoms with Crippen molar-refractivity contribution in [1.82, 2.24) is 0 Å². The van der Waals surface area contributed by atoms with Crippen molar-refractivity contribution in [2.24, 2.45) is 11.3 Å². The largest absolute Gasteiger partial charge is 0.463 e. The first-order chi connectivity index (χ1) is 14.2. The average molecular weight is 397 g/mol. The van der Waals surface area contributed by atoms with Crippen molar-refractivity contribution in [3.05, 3.63) is 72.9 Å². The summed E-state index contributed by atoms with van der Waals surface area (Å²) in [7, 11) is 0. The van der Waals surface area contributed by atoms with E-state index in [4.69, 9.17) is 9.47 Å². The minimum absolute atomic E-state index is 0.0661. The number of hydrogen-bond donors (Lipinski definition) is 0. The van der Waals surface area contributed by atoms with Gasteiger partial charge in [0.2, 0.25) is 0 Å². The lowest BCUT2D eigenvalue weighted by molar-refractivity contribution is -0.149. The molecule has 0 aromatic heterocycles. The van der Waals surface area contributed by atoms with Crippen LogP contribution in [0.4, 0.5) is 0 Å². The summed E-state index contributed by atoms with van der Waals surface area (Å²) in [5.74, 6) is -0.175. The zero-order chi connectivity index (χ0) is 20.8. The molecule has 0 aromatic carbocycles. The van der Waals surface area contributed by atoms with Gasteiger partial charge in [-0.25, -0.2) is 0 Å². The monoisotopic (exact) mass is 396 g/mol. The van der Waals surface area contributed by atoms with Gasteiger partial charge in [0.15, 0.2) is 0 Å². The third-order valence-corrected chi connectivity index (χ3v) is 5.07. The van der Waals surface area contributed by atoms with E-state index in [1.807, 2.05) is 6.92 Å². The van der Waals surface area contributed by atoms with E-state index in [1.54, 1.807) is 0 Å². The second-order valence-electron chi connectivity index (χ2n) is 7.59. The van der Waals surface area contributed by atoms with Crippen LogP contribution in [0.25, 0.3) is 0 Å². The second-order valence-corrected chi connectivity index (χ2v) is 7.59. The van der Waals surface area contributed by atoms with Crippen molar-refractivity contribution < 1.29 is 14.3 Å². The predicted molar refractivity (Wildman–Crippen MR) is 121 cm³/mol. The number of carbonyl (C=O) groups is 1. The highest BCUT2D eigenvalue weighted by Crippen LogP contribution is 2.29. The van der Waals surface area contributed by atoms with Gasteiger partial charge in [0, 0.05) is 5.41 Å². The van der Waals surface area contributed by atoms with Gasteiger partial charge in [0.25, 0.3) is 0 Å². The van der Waals surface area contributed by atoms with Crippen LogP contribution in [0.3, 0.4) is 0 Å². The Morgan fingerprint density at radius 3 is 2.31 bits per heavy atom. The SMILES string of the molecule is CC/C=C\C/C=C\C1(/C=C\C/C=C\CC(CC)C(=O)OCC2CO2)C=CCC=C1. The molecular formula is C26H36O3. The fraction of sp³-hybridized carbons (Fsp3) is 0.500. The average Bonchev–Trinajstić information content (AvgIpc) is 3.57. The minimum atomic E-state index is -0.118. The lowest BCUT2D eigenvalue weighted by Crippen LogP contribution is -2.18. The van der Waals surface area contributed by atoms with Crippen LogP contribution in [-0.4, -0.2) is 25.3 Å². The number of ether oxygens (including phenoxy) is 2. The Labute approximate surface area is 176 Å². The van der Waals surface area contributed by atoms with Crippen molar-refractivity contribution in [1.29, 1.82) is 0 Å². The molecular weight excluding hydrogens is 360 g/mol. The van der Waals surface area contributed by atoms with Crippen molar-refractivity contribution in [3.8, 4) is 0 Å². The maximum absolute atomic E-state index is 12.1. The van der Waals surface area contributed by atoms with E-state index in [0.717, 1.165) is 38.5 Å². The van der Waals surface area contributed by atoms with Gasteiger partial charge in [-0.3, -0.25) is 4.79 Å². The highest BCUT2D eigenvalue weighted by Gasteiger charge is 2.26. The number of rotatable bonds is 13. The Morgan fingerprint density at radius 2 is 1.72 bits per heavy atom. The maximum atomic E-state index is 12.1. The van der Waals surface area contributed by atoms with Gasteiger partial charge in [-0.15, -0.1) is 0 Å². The van der Waals surface area contributed by atoms with Gasteiger partial charge >= 0.3 is 5.97 Å². The molecule has 0 radical (unpaired) electrons. The van der Waals surface area contributed by atoms with E-state index >= 15 is 0 Å². The first kappa shape index (κ1) is 23.2. The van der Waals surface area contributed by atoms with Gasteiger partial charge in [0.1, 0.15) is 12.7 Å². The molecule has 1 aliphatic carbocycles. The van der Waals surface area contributed by atoms with Crippen molar-refractivity contribution >= 4 is 5.97 Å². The first-order valence-corrected chi connectivity index (χ1v) is 11.0. The molecule has 3 nitrogen and oxygen atoms in total. The van der Waals surface area contributed by atoms with Crippen LogP contribution < -0.4 is 0 Å². The van der Waals surface area contributed by atoms with E-state index in [9.17, 15) is 4.79 Å². The predicted octanol–water partition coefficient (Wildman–Crippen LogP) is 6.26. The minimum Gasteiger partial charge on any atom is -0.463 e. The summed E-state index contributed by atoms with van der Waals surface area (Å²) in [5.41, 5.74) is -0.118. The third-order valence-electron chi connectivity index (χ3n) is 5.07. The van der Waals surface area contributed by atoms with Gasteiger partial charge in [0.05, 0.1) is 12.5 Å². The van der Waals surface area contributed by atoms with Crippen LogP contribution in [0.2, 0.25) is 0 Å². The molecule has 29 heavy (non-hydrogen) atoms. The molecule has 1 saturated heterocycles. The summed E-state index contributed by atoms with van der Waals surface area (Å²) in [6.45, 7) is 5.29. The molecule has 2 unspecified atom stereocenters. The number of carbonyl (C=O) groups excluding carboxylic acids is 1. The molecule has 0 bridgehead atoms. The van der Waals surface area contributed by atoms with Crippen LogP contribution in [0, 0.1) is 11.3 Å². The van der Waals surface area contributed by atoms with E-state index < -0.39 is 0 Å². The third kappa shape index (κ3) is 9.27. The smallest absolute Gasteiger partial charge is 0.309 e. The topological polar surface area (TPSA) is 38.8 Å². The van der Waals surface area contributed by atoms with Gasteiger partial charge < -0.3 is 9.47 Å². The van der Waals surface area contributed by atoms with Crippen LogP contribution in [0.5, 0.6) is 0 Å². The van der Waals surface area contributed by atoms with Gasteiger partial charge in [-0.05, 0) is 38.5 Å². The zero-order valence-electron chi connectivity index (χ0n) is 18.0. The molecule has 2 rings (SSSR count). The van der Waals surface area contributed by atoms with Crippen LogP contribution >= 0.6 is 0 Å². The molecule has 2 aliphatic rings. The molecule has 1 heterocycles. The van der Waals surface area contributed by atoms with Crippen LogP contribution in [-0.2, 0) is 14.3 Å². The van der Waals surface area contributed by atoms with E-state index in [-0.39, 0.29) is 23.4 Å². The Kier molecular flexibility index (Phi) is 10.5. The lowest BCUT2D eigenvalue weighted by Gasteiger charge is -2.21. The molecule has 0 amide bonds. The fourth-order valence-corrected chi connectivity index (χ4v) is 3.16. The van der Waals surface area contributed by atoms with Crippen LogP contribution in [0.1, 0.15) is 52.4 Å². The Bertz CT molecular complexity index is 647. The molecule has 0 aromatic rings. The molecule has 3 heteroatoms. The van der Waals surface area contributed by atoms with Gasteiger partial charge in [-0.1, -0.05) is 86.8 Å². The summed E-state index contributed by atoms with van der Waals surface area (Å²) >= 11 is 0. The number of esters is 1. The molecule has 0 N–H and O–H groups in total. The summed E-state index contributed by atoms with van der Waals surface area (Å²) in [4.78, 5) is 12.1.